The van der Waals surface area contributed by atoms with Gasteiger partial charge in [-0.1, -0.05) is 67.0 Å². The van der Waals surface area contributed by atoms with Crippen molar-refractivity contribution in [1.82, 2.24) is 5.32 Å². The van der Waals surface area contributed by atoms with E-state index in [2.05, 4.69) is 17.5 Å². The smallest absolute Gasteiger partial charge is 0.331 e. The van der Waals surface area contributed by atoms with Crippen LogP contribution in [-0.4, -0.2) is 30.6 Å². The number of hydrogen-bond donors (Lipinski definition) is 1. The molecule has 1 unspecified atom stereocenters. The molecule has 0 aromatic heterocycles. The monoisotopic (exact) mass is 501 g/mol. The summed E-state index contributed by atoms with van der Waals surface area (Å²) in [5.74, 6) is 0.159. The highest BCUT2D eigenvalue weighted by atomic mass is 16.6. The predicted molar refractivity (Wildman–Crippen MR) is 140 cm³/mol. The van der Waals surface area contributed by atoms with Crippen molar-refractivity contribution >= 4 is 22.6 Å². The van der Waals surface area contributed by atoms with E-state index < -0.39 is 17.6 Å². The Kier molecular flexibility index (Phi) is 7.30. The van der Waals surface area contributed by atoms with Crippen LogP contribution in [0, 0.1) is 0 Å². The number of carbonyl (C=O) groups excluding carboxylic acids is 2. The van der Waals surface area contributed by atoms with E-state index in [9.17, 15) is 9.59 Å². The van der Waals surface area contributed by atoms with Gasteiger partial charge in [-0.3, -0.25) is 4.79 Å². The van der Waals surface area contributed by atoms with Gasteiger partial charge in [-0.2, -0.15) is 0 Å². The molecular weight excluding hydrogens is 470 g/mol. The Morgan fingerprint density at radius 1 is 1.11 bits per heavy atom. The number of carbonyl (C=O) groups is 2. The zero-order chi connectivity index (χ0) is 25.7. The van der Waals surface area contributed by atoms with Crippen LogP contribution in [-0.2, 0) is 19.0 Å². The fourth-order valence-corrected chi connectivity index (χ4v) is 5.22. The molecule has 1 aliphatic heterocycles. The second kappa shape index (κ2) is 10.9. The second-order valence-corrected chi connectivity index (χ2v) is 9.55. The van der Waals surface area contributed by atoms with Gasteiger partial charge in [0.1, 0.15) is 30.1 Å². The molecular formula is C30H31NO6. The fraction of sp³-hybridized carbons (Fsp3) is 0.333. The van der Waals surface area contributed by atoms with Gasteiger partial charge in [-0.15, -0.1) is 0 Å². The Morgan fingerprint density at radius 3 is 2.68 bits per heavy atom. The number of fused-ring (bicyclic) bond motifs is 1. The molecule has 0 bridgehead atoms. The van der Waals surface area contributed by atoms with Gasteiger partial charge in [0.05, 0.1) is 12.7 Å². The molecule has 1 N–H and O–H groups in total. The minimum Gasteiger partial charge on any atom is -0.481 e. The molecule has 2 aromatic rings. The summed E-state index contributed by atoms with van der Waals surface area (Å²) in [6, 6.07) is 11.4. The van der Waals surface area contributed by atoms with Crippen LogP contribution in [0.25, 0.3) is 10.8 Å². The van der Waals surface area contributed by atoms with Gasteiger partial charge in [-0.25, -0.2) is 4.79 Å². The van der Waals surface area contributed by atoms with Crippen molar-refractivity contribution in [1.29, 1.82) is 0 Å². The van der Waals surface area contributed by atoms with E-state index in [1.54, 1.807) is 6.07 Å². The summed E-state index contributed by atoms with van der Waals surface area (Å²) in [6.45, 7) is 0. The lowest BCUT2D eigenvalue weighted by Gasteiger charge is -2.29. The molecule has 1 saturated carbocycles. The quantitative estimate of drug-likeness (QED) is 0.459. The van der Waals surface area contributed by atoms with E-state index in [1.807, 2.05) is 36.4 Å². The van der Waals surface area contributed by atoms with Gasteiger partial charge in [-0.05, 0) is 37.1 Å². The third kappa shape index (κ3) is 5.26. The molecule has 1 atom stereocenters. The first-order valence-electron chi connectivity index (χ1n) is 12.7. The molecule has 0 saturated heterocycles. The summed E-state index contributed by atoms with van der Waals surface area (Å²) in [7, 11) is 1.35. The second-order valence-electron chi connectivity index (χ2n) is 9.55. The van der Waals surface area contributed by atoms with E-state index in [0.717, 1.165) is 36.5 Å². The molecule has 7 heteroatoms. The standard InChI is InChI=1S/C30H31NO6/c1-34-29(33)30(15-7-8-16-30)31-28(32)24-14-13-22-11-5-6-12-23(22)27(24)37-25(26-20-35-17-18-36-26)19-21-9-3-2-4-10-21/h2-3,5-6,9,11-14,17-18,20,25H,4,7-8,10,15-16,19H2,1H3,(H,31,32). The minimum absolute atomic E-state index is 0.351. The molecule has 2 aromatic carbocycles. The number of amides is 1. The first-order chi connectivity index (χ1) is 18.1. The third-order valence-corrected chi connectivity index (χ3v) is 7.16. The van der Waals surface area contributed by atoms with Crippen LogP contribution < -0.4 is 10.1 Å². The Balaban J connectivity index is 1.53. The zero-order valence-corrected chi connectivity index (χ0v) is 20.9. The Hall–Kier alpha value is -4.00. The number of methoxy groups -OCH3 is 1. The highest BCUT2D eigenvalue weighted by Crippen LogP contribution is 2.36. The predicted octanol–water partition coefficient (Wildman–Crippen LogP) is 5.83. The van der Waals surface area contributed by atoms with Crippen LogP contribution in [0.4, 0.5) is 0 Å². The van der Waals surface area contributed by atoms with Crippen LogP contribution in [0.5, 0.6) is 5.75 Å². The van der Waals surface area contributed by atoms with Gasteiger partial charge in [0.15, 0.2) is 11.9 Å². The normalized spacial score (nSPS) is 18.7. The lowest BCUT2D eigenvalue weighted by atomic mass is 9.96. The number of benzene rings is 2. The summed E-state index contributed by atoms with van der Waals surface area (Å²) >= 11 is 0. The highest BCUT2D eigenvalue weighted by Gasteiger charge is 2.44. The number of rotatable bonds is 8. The van der Waals surface area contributed by atoms with Crippen LogP contribution in [0.15, 0.2) is 84.7 Å². The molecule has 37 heavy (non-hydrogen) atoms. The van der Waals surface area contributed by atoms with Crippen molar-refractivity contribution in [2.24, 2.45) is 0 Å². The molecule has 1 amide bonds. The number of hydrogen-bond acceptors (Lipinski definition) is 6. The minimum atomic E-state index is -1.03. The summed E-state index contributed by atoms with van der Waals surface area (Å²) < 4.78 is 22.9. The molecule has 1 fully saturated rings. The Bertz CT molecular complexity index is 1300. The largest absolute Gasteiger partial charge is 0.481 e. The summed E-state index contributed by atoms with van der Waals surface area (Å²) in [5, 5.41) is 4.73. The topological polar surface area (TPSA) is 83.1 Å². The van der Waals surface area contributed by atoms with Crippen LogP contribution in [0.2, 0.25) is 0 Å². The average Bonchev–Trinajstić information content (AvgIpc) is 3.43. The van der Waals surface area contributed by atoms with Crippen molar-refractivity contribution in [2.75, 3.05) is 7.11 Å². The van der Waals surface area contributed by atoms with E-state index in [4.69, 9.17) is 18.9 Å². The van der Waals surface area contributed by atoms with Crippen molar-refractivity contribution in [3.8, 4) is 5.75 Å². The van der Waals surface area contributed by atoms with Gasteiger partial charge in [0.2, 0.25) is 0 Å². The van der Waals surface area contributed by atoms with Crippen LogP contribution in [0.3, 0.4) is 0 Å². The molecule has 192 valence electrons. The first kappa shape index (κ1) is 24.7. The van der Waals surface area contributed by atoms with Gasteiger partial charge in [0, 0.05) is 11.8 Å². The first-order valence-corrected chi connectivity index (χ1v) is 12.7. The SMILES string of the molecule is COC(=O)C1(NC(=O)c2ccc3ccccc3c2OC(CC2=CC=CCC2)C2=COC=CO2)CCCC1. The zero-order valence-electron chi connectivity index (χ0n) is 20.9. The molecule has 0 radical (unpaired) electrons. The van der Waals surface area contributed by atoms with Crippen molar-refractivity contribution in [2.45, 2.75) is 56.6 Å². The highest BCUT2D eigenvalue weighted by molar-refractivity contribution is 6.05. The van der Waals surface area contributed by atoms with Crippen LogP contribution >= 0.6 is 0 Å². The molecule has 0 spiro atoms. The maximum absolute atomic E-state index is 13.7. The average molecular weight is 502 g/mol. The van der Waals surface area contributed by atoms with Crippen molar-refractivity contribution < 1.29 is 28.5 Å². The molecule has 5 rings (SSSR count). The Labute approximate surface area is 216 Å². The molecule has 1 heterocycles. The lowest BCUT2D eigenvalue weighted by Crippen LogP contribution is -2.53. The lowest BCUT2D eigenvalue weighted by molar-refractivity contribution is -0.148. The van der Waals surface area contributed by atoms with Gasteiger partial charge in [0.25, 0.3) is 5.91 Å². The van der Waals surface area contributed by atoms with Crippen LogP contribution in [0.1, 0.15) is 55.3 Å². The van der Waals surface area contributed by atoms with E-state index in [0.29, 0.717) is 36.3 Å². The summed E-state index contributed by atoms with van der Waals surface area (Å²) in [5.41, 5.74) is 0.541. The third-order valence-electron chi connectivity index (χ3n) is 7.16. The summed E-state index contributed by atoms with van der Waals surface area (Å²) in [6.07, 6.45) is 15.4. The fourth-order valence-electron chi connectivity index (χ4n) is 5.22. The van der Waals surface area contributed by atoms with Crippen molar-refractivity contribution in [3.05, 3.63) is 90.3 Å². The number of nitrogens with one attached hydrogen (secondary N) is 1. The van der Waals surface area contributed by atoms with E-state index in [1.165, 1.54) is 31.5 Å². The van der Waals surface area contributed by atoms with Gasteiger partial charge < -0.3 is 24.3 Å². The van der Waals surface area contributed by atoms with E-state index >= 15 is 0 Å². The molecule has 7 nitrogen and oxygen atoms in total. The number of ether oxygens (including phenoxy) is 4. The molecule has 2 aliphatic carbocycles. The number of allylic oxidation sites excluding steroid dienone is 3. The maximum atomic E-state index is 13.7. The number of esters is 1. The van der Waals surface area contributed by atoms with Gasteiger partial charge >= 0.3 is 5.97 Å². The Morgan fingerprint density at radius 2 is 1.95 bits per heavy atom. The van der Waals surface area contributed by atoms with E-state index in [-0.39, 0.29) is 5.91 Å². The van der Waals surface area contributed by atoms with Crippen molar-refractivity contribution in [3.63, 3.8) is 0 Å². The summed E-state index contributed by atoms with van der Waals surface area (Å²) in [4.78, 5) is 26.4. The molecule has 3 aliphatic rings. The maximum Gasteiger partial charge on any atom is 0.331 e.